The Kier molecular flexibility index (Phi) is 4.52. The molecule has 0 bridgehead atoms. The number of ether oxygens (including phenoxy) is 2. The van der Waals surface area contributed by atoms with Gasteiger partial charge in [-0.05, 0) is 26.2 Å². The molecule has 5 heteroatoms. The number of carbonyl (C=O) groups excluding carboxylic acids is 2. The summed E-state index contributed by atoms with van der Waals surface area (Å²) >= 11 is 0. The summed E-state index contributed by atoms with van der Waals surface area (Å²) in [5.74, 6) is -1.46. The fourth-order valence-electron chi connectivity index (χ4n) is 2.54. The molecule has 0 aliphatic heterocycles. The van der Waals surface area contributed by atoms with E-state index in [2.05, 4.69) is 6.58 Å². The molecule has 0 spiro atoms. The van der Waals surface area contributed by atoms with E-state index in [1.807, 2.05) is 19.9 Å². The van der Waals surface area contributed by atoms with Crippen molar-refractivity contribution in [3.63, 3.8) is 0 Å². The minimum atomic E-state index is -0.791. The lowest BCUT2D eigenvalue weighted by atomic mass is 9.96. The largest absolute Gasteiger partial charge is 0.469 e. The molecule has 0 aromatic carbocycles. The lowest BCUT2D eigenvalue weighted by Crippen LogP contribution is -2.31. The first-order valence-corrected chi connectivity index (χ1v) is 6.86. The molecule has 1 aliphatic carbocycles. The molecule has 1 unspecified atom stereocenters. The van der Waals surface area contributed by atoms with E-state index >= 15 is 0 Å². The first-order chi connectivity index (χ1) is 9.48. The summed E-state index contributed by atoms with van der Waals surface area (Å²) in [6, 6.07) is 1.93. The molecule has 5 nitrogen and oxygen atoms in total. The van der Waals surface area contributed by atoms with Crippen LogP contribution >= 0.6 is 0 Å². The summed E-state index contributed by atoms with van der Waals surface area (Å²) in [6.45, 7) is 12.6. The molecule has 0 N–H and O–H groups in total. The number of hydrogen-bond acceptors (Lipinski definition) is 5. The third-order valence-electron chi connectivity index (χ3n) is 4.03. The van der Waals surface area contributed by atoms with Crippen molar-refractivity contribution in [2.45, 2.75) is 40.7 Å². The van der Waals surface area contributed by atoms with Crippen LogP contribution in [0.15, 0.2) is 12.2 Å². The maximum absolute atomic E-state index is 12.1. The normalized spacial score (nSPS) is 24.4. The van der Waals surface area contributed by atoms with Crippen LogP contribution < -0.4 is 0 Å². The first kappa shape index (κ1) is 17.2. The number of nitriles is 1. The summed E-state index contributed by atoms with van der Waals surface area (Å²) in [5, 5.41) is 9.09. The number of esters is 2. The number of methoxy groups -OCH3 is 1. The zero-order valence-corrected chi connectivity index (χ0v) is 13.5. The van der Waals surface area contributed by atoms with Gasteiger partial charge in [0.1, 0.15) is 6.10 Å². The van der Waals surface area contributed by atoms with Gasteiger partial charge in [0, 0.05) is 5.92 Å². The van der Waals surface area contributed by atoms with Gasteiger partial charge in [0.05, 0.1) is 30.1 Å². The van der Waals surface area contributed by atoms with E-state index in [0.29, 0.717) is 0 Å². The van der Waals surface area contributed by atoms with Crippen LogP contribution in [-0.4, -0.2) is 25.2 Å². The van der Waals surface area contributed by atoms with Crippen molar-refractivity contribution in [1.29, 1.82) is 5.26 Å². The highest BCUT2D eigenvalue weighted by molar-refractivity contribution is 5.79. The van der Waals surface area contributed by atoms with E-state index in [1.165, 1.54) is 7.11 Å². The van der Waals surface area contributed by atoms with Gasteiger partial charge in [0.25, 0.3) is 0 Å². The van der Waals surface area contributed by atoms with E-state index in [0.717, 1.165) is 0 Å². The van der Waals surface area contributed by atoms with Gasteiger partial charge < -0.3 is 9.47 Å². The molecule has 0 heterocycles. The van der Waals surface area contributed by atoms with Crippen molar-refractivity contribution in [3.05, 3.63) is 12.2 Å². The van der Waals surface area contributed by atoms with E-state index in [-0.39, 0.29) is 17.5 Å². The van der Waals surface area contributed by atoms with Crippen LogP contribution in [0.1, 0.15) is 34.6 Å². The van der Waals surface area contributed by atoms with Gasteiger partial charge in [-0.25, -0.2) is 0 Å². The summed E-state index contributed by atoms with van der Waals surface area (Å²) in [6.07, 6.45) is -0.791. The number of hydrogen-bond donors (Lipinski definition) is 0. The molecule has 116 valence electrons. The Labute approximate surface area is 125 Å². The Morgan fingerprint density at radius 3 is 2.24 bits per heavy atom. The van der Waals surface area contributed by atoms with Crippen molar-refractivity contribution in [2.24, 2.45) is 22.7 Å². The quantitative estimate of drug-likeness (QED) is 0.588. The third-order valence-corrected chi connectivity index (χ3v) is 4.03. The second-order valence-electron chi connectivity index (χ2n) is 7.06. The fraction of sp³-hybridized carbons (Fsp3) is 0.688. The van der Waals surface area contributed by atoms with Crippen LogP contribution in [0.25, 0.3) is 0 Å². The molecule has 1 saturated carbocycles. The highest BCUT2D eigenvalue weighted by atomic mass is 16.5. The van der Waals surface area contributed by atoms with Gasteiger partial charge in [-0.3, -0.25) is 9.59 Å². The average molecular weight is 293 g/mol. The zero-order valence-electron chi connectivity index (χ0n) is 13.5. The molecule has 0 saturated heterocycles. The standard InChI is InChI=1S/C16H23NO4/c1-9(8-17)12(21-14(19)15(2,3)4)10-11(13(18)20-7)16(10,5)6/h10-12H,1H2,2-7H3/t10-,11+,12?/m1/s1. The first-order valence-electron chi connectivity index (χ1n) is 6.86. The van der Waals surface area contributed by atoms with Crippen LogP contribution in [0.5, 0.6) is 0 Å². The lowest BCUT2D eigenvalue weighted by molar-refractivity contribution is -0.158. The topological polar surface area (TPSA) is 76.4 Å². The van der Waals surface area contributed by atoms with E-state index in [1.54, 1.807) is 20.8 Å². The molecule has 0 amide bonds. The van der Waals surface area contributed by atoms with Crippen LogP contribution in [-0.2, 0) is 19.1 Å². The van der Waals surface area contributed by atoms with Gasteiger partial charge in [-0.2, -0.15) is 5.26 Å². The second kappa shape index (κ2) is 5.51. The van der Waals surface area contributed by atoms with Gasteiger partial charge in [-0.15, -0.1) is 0 Å². The van der Waals surface area contributed by atoms with Crippen molar-refractivity contribution in [3.8, 4) is 6.07 Å². The van der Waals surface area contributed by atoms with E-state index < -0.39 is 28.8 Å². The zero-order chi connectivity index (χ0) is 16.6. The molecule has 1 fully saturated rings. The van der Waals surface area contributed by atoms with Gasteiger partial charge in [0.2, 0.25) is 0 Å². The SMILES string of the molecule is C=C(C#N)C(OC(=O)C(C)(C)C)[C@H]1[C@@H](C(=O)OC)C1(C)C. The monoisotopic (exact) mass is 293 g/mol. The van der Waals surface area contributed by atoms with Crippen molar-refractivity contribution < 1.29 is 19.1 Å². The minimum absolute atomic E-state index is 0.150. The minimum Gasteiger partial charge on any atom is -0.469 e. The maximum Gasteiger partial charge on any atom is 0.311 e. The Bertz CT molecular complexity index is 507. The van der Waals surface area contributed by atoms with Crippen molar-refractivity contribution in [2.75, 3.05) is 7.11 Å². The molecule has 1 aliphatic rings. The fourth-order valence-corrected chi connectivity index (χ4v) is 2.54. The molecular weight excluding hydrogens is 270 g/mol. The predicted molar refractivity (Wildman–Crippen MR) is 76.9 cm³/mol. The van der Waals surface area contributed by atoms with Gasteiger partial charge >= 0.3 is 11.9 Å². The Hall–Kier alpha value is -1.83. The van der Waals surface area contributed by atoms with Crippen LogP contribution in [0.2, 0.25) is 0 Å². The van der Waals surface area contributed by atoms with Crippen LogP contribution in [0.4, 0.5) is 0 Å². The van der Waals surface area contributed by atoms with Crippen molar-refractivity contribution >= 4 is 11.9 Å². The summed E-state index contributed by atoms with van der Waals surface area (Å²) < 4.78 is 10.3. The maximum atomic E-state index is 12.1. The highest BCUT2D eigenvalue weighted by Gasteiger charge is 2.67. The summed E-state index contributed by atoms with van der Waals surface area (Å²) in [5.41, 5.74) is -0.930. The molecule has 0 aromatic rings. The molecule has 0 radical (unpaired) electrons. The van der Waals surface area contributed by atoms with Crippen LogP contribution in [0, 0.1) is 34.0 Å². The number of rotatable bonds is 4. The molecule has 3 atom stereocenters. The number of carbonyl (C=O) groups is 2. The Morgan fingerprint density at radius 1 is 1.33 bits per heavy atom. The lowest BCUT2D eigenvalue weighted by Gasteiger charge is -2.23. The van der Waals surface area contributed by atoms with Crippen molar-refractivity contribution in [1.82, 2.24) is 0 Å². The summed E-state index contributed by atoms with van der Waals surface area (Å²) in [7, 11) is 1.32. The average Bonchev–Trinajstić information content (AvgIpc) is 2.95. The van der Waals surface area contributed by atoms with Gasteiger partial charge in [0.15, 0.2) is 0 Å². The van der Waals surface area contributed by atoms with E-state index in [9.17, 15) is 9.59 Å². The molecular formula is C16H23NO4. The van der Waals surface area contributed by atoms with Gasteiger partial charge in [-0.1, -0.05) is 20.4 Å². The number of nitrogens with zero attached hydrogens (tertiary/aromatic N) is 1. The third kappa shape index (κ3) is 3.26. The molecule has 21 heavy (non-hydrogen) atoms. The molecule has 1 rings (SSSR count). The highest BCUT2D eigenvalue weighted by Crippen LogP contribution is 2.62. The van der Waals surface area contributed by atoms with Crippen LogP contribution in [0.3, 0.4) is 0 Å². The predicted octanol–water partition coefficient (Wildman–Crippen LogP) is 2.47. The second-order valence-corrected chi connectivity index (χ2v) is 7.06. The Balaban J connectivity index is 3.02. The summed E-state index contributed by atoms with van der Waals surface area (Å²) in [4.78, 5) is 23.9. The van der Waals surface area contributed by atoms with E-state index in [4.69, 9.17) is 14.7 Å². The Morgan fingerprint density at radius 2 is 1.86 bits per heavy atom. The molecule has 0 aromatic heterocycles. The smallest absolute Gasteiger partial charge is 0.311 e.